The van der Waals surface area contributed by atoms with Crippen molar-refractivity contribution in [1.29, 1.82) is 0 Å². The number of anilines is 1. The number of aromatic amines is 1. The van der Waals surface area contributed by atoms with Crippen LogP contribution in [-0.2, 0) is 4.79 Å². The first-order valence-corrected chi connectivity index (χ1v) is 6.32. The highest BCUT2D eigenvalue weighted by Gasteiger charge is 2.33. The Morgan fingerprint density at radius 2 is 2.11 bits per heavy atom. The first-order chi connectivity index (χ1) is 8.91. The van der Waals surface area contributed by atoms with E-state index in [0.717, 1.165) is 12.8 Å². The lowest BCUT2D eigenvalue weighted by atomic mass is 9.92. The summed E-state index contributed by atoms with van der Waals surface area (Å²) in [6.45, 7) is 4.04. The van der Waals surface area contributed by atoms with E-state index in [9.17, 15) is 9.59 Å². The van der Waals surface area contributed by atoms with E-state index in [0.29, 0.717) is 17.9 Å². The van der Waals surface area contributed by atoms with Gasteiger partial charge in [-0.2, -0.15) is 5.10 Å². The van der Waals surface area contributed by atoms with Gasteiger partial charge in [-0.1, -0.05) is 0 Å². The van der Waals surface area contributed by atoms with Crippen LogP contribution in [0.2, 0.25) is 0 Å². The number of rotatable bonds is 2. The van der Waals surface area contributed by atoms with Crippen LogP contribution >= 0.6 is 0 Å². The molecule has 0 radical (unpaired) electrons. The van der Waals surface area contributed by atoms with Crippen molar-refractivity contribution in [2.75, 3.05) is 12.3 Å². The smallest absolute Gasteiger partial charge is 0.276 e. The van der Waals surface area contributed by atoms with Gasteiger partial charge in [-0.25, -0.2) is 0 Å². The summed E-state index contributed by atoms with van der Waals surface area (Å²) in [7, 11) is 0. The Bertz CT molecular complexity index is 510. The lowest BCUT2D eigenvalue weighted by Gasteiger charge is -2.36. The molecular weight excluding hydrogens is 246 g/mol. The van der Waals surface area contributed by atoms with E-state index < -0.39 is 0 Å². The number of likely N-dealkylation sites (tertiary alicyclic amines) is 1. The maximum atomic E-state index is 12.4. The summed E-state index contributed by atoms with van der Waals surface area (Å²) < 4.78 is 0. The Labute approximate surface area is 111 Å². The Balaban J connectivity index is 2.21. The van der Waals surface area contributed by atoms with Gasteiger partial charge in [0.1, 0.15) is 0 Å². The van der Waals surface area contributed by atoms with Crippen LogP contribution in [0.4, 0.5) is 5.69 Å². The largest absolute Gasteiger partial charge is 0.395 e. The van der Waals surface area contributed by atoms with Gasteiger partial charge in [0.2, 0.25) is 5.91 Å². The van der Waals surface area contributed by atoms with Crippen LogP contribution in [0.25, 0.3) is 0 Å². The number of nitrogens with one attached hydrogen (secondary N) is 1. The van der Waals surface area contributed by atoms with Crippen molar-refractivity contribution >= 4 is 17.5 Å². The average Bonchev–Trinajstić information content (AvgIpc) is 2.69. The molecule has 1 aromatic rings. The third-order valence-corrected chi connectivity index (χ3v) is 3.74. The van der Waals surface area contributed by atoms with E-state index in [1.807, 2.05) is 6.92 Å². The number of aromatic nitrogens is 2. The number of primary amides is 1. The quantitative estimate of drug-likeness (QED) is 0.698. The van der Waals surface area contributed by atoms with Crippen LogP contribution in [0.5, 0.6) is 0 Å². The molecule has 1 aliphatic heterocycles. The van der Waals surface area contributed by atoms with Crippen LogP contribution < -0.4 is 11.5 Å². The second kappa shape index (κ2) is 4.91. The van der Waals surface area contributed by atoms with E-state index in [1.54, 1.807) is 11.8 Å². The highest BCUT2D eigenvalue weighted by atomic mass is 16.2. The molecule has 2 amide bonds. The number of nitrogens with two attached hydrogens (primary N) is 2. The number of nitrogens with zero attached hydrogens (tertiary/aromatic N) is 2. The standard InChI is InChI=1S/C12H19N5O2/c1-6-3-4-8(11(14)18)5-17(6)12(19)10-9(13)7(2)15-16-10/h6,8H,3-5,13H2,1-2H3,(H2,14,18)(H,15,16). The summed E-state index contributed by atoms with van der Waals surface area (Å²) in [5, 5.41) is 6.63. The molecule has 1 fully saturated rings. The summed E-state index contributed by atoms with van der Waals surface area (Å²) >= 11 is 0. The fourth-order valence-corrected chi connectivity index (χ4v) is 2.36. The van der Waals surface area contributed by atoms with Gasteiger partial charge in [0.05, 0.1) is 17.3 Å². The molecule has 0 aliphatic carbocycles. The van der Waals surface area contributed by atoms with Crippen LogP contribution in [0.1, 0.15) is 35.9 Å². The molecule has 2 rings (SSSR count). The topological polar surface area (TPSA) is 118 Å². The van der Waals surface area contributed by atoms with Gasteiger partial charge in [-0.3, -0.25) is 14.7 Å². The Morgan fingerprint density at radius 3 is 2.63 bits per heavy atom. The van der Waals surface area contributed by atoms with Crippen molar-refractivity contribution in [3.05, 3.63) is 11.4 Å². The molecule has 1 aliphatic rings. The summed E-state index contributed by atoms with van der Waals surface area (Å²) in [6, 6.07) is 0.0551. The normalized spacial score (nSPS) is 23.4. The predicted molar refractivity (Wildman–Crippen MR) is 70.2 cm³/mol. The summed E-state index contributed by atoms with van der Waals surface area (Å²) in [5.41, 5.74) is 12.4. The monoisotopic (exact) mass is 265 g/mol. The van der Waals surface area contributed by atoms with Crippen molar-refractivity contribution in [2.24, 2.45) is 11.7 Å². The molecular formula is C12H19N5O2. The minimum atomic E-state index is -0.365. The number of aryl methyl sites for hydroxylation is 1. The number of hydrogen-bond donors (Lipinski definition) is 3. The molecule has 7 heteroatoms. The molecule has 2 atom stereocenters. The second-order valence-electron chi connectivity index (χ2n) is 5.09. The highest BCUT2D eigenvalue weighted by Crippen LogP contribution is 2.25. The third-order valence-electron chi connectivity index (χ3n) is 3.74. The molecule has 1 saturated heterocycles. The van der Waals surface area contributed by atoms with E-state index in [1.165, 1.54) is 0 Å². The van der Waals surface area contributed by atoms with Crippen LogP contribution in [-0.4, -0.2) is 39.5 Å². The summed E-state index contributed by atoms with van der Waals surface area (Å²) in [5.74, 6) is -0.905. The lowest BCUT2D eigenvalue weighted by molar-refractivity contribution is -0.123. The van der Waals surface area contributed by atoms with Gasteiger partial charge in [0.15, 0.2) is 5.69 Å². The molecule has 0 aromatic carbocycles. The highest BCUT2D eigenvalue weighted by molar-refractivity contribution is 5.98. The van der Waals surface area contributed by atoms with E-state index in [-0.39, 0.29) is 29.5 Å². The fourth-order valence-electron chi connectivity index (χ4n) is 2.36. The van der Waals surface area contributed by atoms with Gasteiger partial charge in [-0.15, -0.1) is 0 Å². The van der Waals surface area contributed by atoms with Gasteiger partial charge in [-0.05, 0) is 26.7 Å². The predicted octanol–water partition coefficient (Wildman–Crippen LogP) is 0.0263. The Hall–Kier alpha value is -2.05. The van der Waals surface area contributed by atoms with Crippen molar-refractivity contribution < 1.29 is 9.59 Å². The number of nitrogen functional groups attached to an aromatic ring is 1. The average molecular weight is 265 g/mol. The number of carbonyl (C=O) groups excluding carboxylic acids is 2. The minimum Gasteiger partial charge on any atom is -0.395 e. The summed E-state index contributed by atoms with van der Waals surface area (Å²) in [6.07, 6.45) is 1.47. The van der Waals surface area contributed by atoms with Crippen molar-refractivity contribution in [1.82, 2.24) is 15.1 Å². The number of hydrogen-bond acceptors (Lipinski definition) is 4. The molecule has 7 nitrogen and oxygen atoms in total. The molecule has 1 aromatic heterocycles. The molecule has 2 unspecified atom stereocenters. The van der Waals surface area contributed by atoms with Crippen molar-refractivity contribution in [2.45, 2.75) is 32.7 Å². The van der Waals surface area contributed by atoms with E-state index >= 15 is 0 Å². The van der Waals surface area contributed by atoms with Crippen LogP contribution in [0.3, 0.4) is 0 Å². The first kappa shape index (κ1) is 13.4. The number of piperidine rings is 1. The van der Waals surface area contributed by atoms with Gasteiger partial charge >= 0.3 is 0 Å². The zero-order valence-electron chi connectivity index (χ0n) is 11.1. The maximum absolute atomic E-state index is 12.4. The number of amides is 2. The minimum absolute atomic E-state index is 0.0551. The van der Waals surface area contributed by atoms with Crippen LogP contribution in [0.15, 0.2) is 0 Å². The lowest BCUT2D eigenvalue weighted by Crippen LogP contribution is -2.48. The van der Waals surface area contributed by atoms with Gasteiger partial charge < -0.3 is 16.4 Å². The number of carbonyl (C=O) groups is 2. The third kappa shape index (κ3) is 2.40. The molecule has 0 spiro atoms. The van der Waals surface area contributed by atoms with Gasteiger partial charge in [0, 0.05) is 12.6 Å². The second-order valence-corrected chi connectivity index (χ2v) is 5.09. The molecule has 19 heavy (non-hydrogen) atoms. The Kier molecular flexibility index (Phi) is 3.46. The van der Waals surface area contributed by atoms with Crippen molar-refractivity contribution in [3.8, 4) is 0 Å². The molecule has 2 heterocycles. The fraction of sp³-hybridized carbons (Fsp3) is 0.583. The van der Waals surface area contributed by atoms with Crippen molar-refractivity contribution in [3.63, 3.8) is 0 Å². The van der Waals surface area contributed by atoms with E-state index in [2.05, 4.69) is 10.2 Å². The van der Waals surface area contributed by atoms with E-state index in [4.69, 9.17) is 11.5 Å². The zero-order chi connectivity index (χ0) is 14.2. The van der Waals surface area contributed by atoms with Gasteiger partial charge in [0.25, 0.3) is 5.91 Å². The summed E-state index contributed by atoms with van der Waals surface area (Å²) in [4.78, 5) is 25.3. The SMILES string of the molecule is Cc1[nH]nc(C(=O)N2CC(C(N)=O)CCC2C)c1N. The molecule has 5 N–H and O–H groups in total. The molecule has 0 bridgehead atoms. The number of H-pyrrole nitrogens is 1. The zero-order valence-corrected chi connectivity index (χ0v) is 11.1. The molecule has 104 valence electrons. The molecule has 0 saturated carbocycles. The first-order valence-electron chi connectivity index (χ1n) is 6.32. The maximum Gasteiger partial charge on any atom is 0.276 e. The Morgan fingerprint density at radius 1 is 1.42 bits per heavy atom. The van der Waals surface area contributed by atoms with Crippen LogP contribution in [0, 0.1) is 12.8 Å².